The average Bonchev–Trinajstić information content (AvgIpc) is 3.33. The maximum atomic E-state index is 13.5. The molecule has 5 N–H and O–H groups in total. The summed E-state index contributed by atoms with van der Waals surface area (Å²) in [4.78, 5) is 84.2. The number of nitrogen functional groups attached to an aromatic ring is 1. The van der Waals surface area contributed by atoms with E-state index in [0.717, 1.165) is 16.4 Å². The molecule has 2 atom stereocenters. The molecule has 4 amide bonds. The van der Waals surface area contributed by atoms with E-state index in [1.54, 1.807) is 4.90 Å². The third-order valence-electron chi connectivity index (χ3n) is 8.89. The van der Waals surface area contributed by atoms with E-state index in [1.807, 2.05) is 0 Å². The molecule has 0 bridgehead atoms. The predicted molar refractivity (Wildman–Crippen MR) is 168 cm³/mol. The van der Waals surface area contributed by atoms with E-state index in [2.05, 4.69) is 32.5 Å². The number of carbonyl (C=O) groups is 5. The minimum atomic E-state index is -1.41. The van der Waals surface area contributed by atoms with Crippen molar-refractivity contribution in [1.29, 1.82) is 0 Å². The van der Waals surface area contributed by atoms with Gasteiger partial charge in [-0.25, -0.2) is 14.4 Å². The lowest BCUT2D eigenvalue weighted by Crippen LogP contribution is -2.73. The molecule has 260 valence electrons. The minimum absolute atomic E-state index is 0.0302. The van der Waals surface area contributed by atoms with Crippen molar-refractivity contribution in [2.24, 2.45) is 5.16 Å². The quantitative estimate of drug-likeness (QED) is 0.0535. The number of β-lactam (4-membered cyclic amide) rings is 1. The van der Waals surface area contributed by atoms with Crippen molar-refractivity contribution in [2.45, 2.75) is 56.8 Å². The molecule has 4 aliphatic rings. The fourth-order valence-corrected chi connectivity index (χ4v) is 6.99. The van der Waals surface area contributed by atoms with E-state index in [0.29, 0.717) is 44.3 Å². The van der Waals surface area contributed by atoms with Crippen molar-refractivity contribution in [3.63, 3.8) is 0 Å². The first-order chi connectivity index (χ1) is 23.4. The number of aliphatic carboxylic acids is 1. The van der Waals surface area contributed by atoms with Crippen LogP contribution in [0.4, 0.5) is 9.93 Å². The molecule has 0 radical (unpaired) electrons. The Kier molecular flexibility index (Phi) is 8.96. The summed E-state index contributed by atoms with van der Waals surface area (Å²) >= 11 is 5.10. The molecule has 4 fully saturated rings. The lowest BCUT2D eigenvalue weighted by molar-refractivity contribution is -0.156. The van der Waals surface area contributed by atoms with Crippen LogP contribution in [0.15, 0.2) is 41.7 Å². The van der Waals surface area contributed by atoms with E-state index in [9.17, 15) is 39.1 Å². The Balaban J connectivity index is 1.13. The van der Waals surface area contributed by atoms with Crippen LogP contribution in [0.5, 0.6) is 0 Å². The number of oxime groups is 1. The summed E-state index contributed by atoms with van der Waals surface area (Å²) in [7, 11) is 0. The van der Waals surface area contributed by atoms with Crippen molar-refractivity contribution >= 4 is 64.8 Å². The van der Waals surface area contributed by atoms with E-state index in [4.69, 9.17) is 19.3 Å². The fourth-order valence-electron chi connectivity index (χ4n) is 6.31. The van der Waals surface area contributed by atoms with Crippen LogP contribution in [-0.4, -0.2) is 113 Å². The molecule has 0 aromatic carbocycles. The molecular weight excluding hydrogens is 688 g/mol. The van der Waals surface area contributed by atoms with E-state index < -0.39 is 47.0 Å². The van der Waals surface area contributed by atoms with Gasteiger partial charge >= 0.3 is 17.9 Å². The Morgan fingerprint density at radius 1 is 1.24 bits per heavy atom. The smallest absolute Gasteiger partial charge is 0.477 e. The number of ether oxygens (including phenoxy) is 1. The van der Waals surface area contributed by atoms with E-state index in [-0.39, 0.29) is 64.6 Å². The second-order valence-corrected chi connectivity index (χ2v) is 12.8. The normalized spacial score (nSPS) is 22.9. The average molecular weight is 719 g/mol. The third-order valence-corrected chi connectivity index (χ3v) is 9.77. The van der Waals surface area contributed by atoms with Crippen LogP contribution >= 0.6 is 24.2 Å². The molecule has 2 aromatic rings. The summed E-state index contributed by atoms with van der Waals surface area (Å²) in [5, 5.41) is 25.1. The zero-order valence-corrected chi connectivity index (χ0v) is 27.5. The Morgan fingerprint density at radius 2 is 2.00 bits per heavy atom. The fraction of sp³-hybridized carbons (Fsp3) is 0.464. The summed E-state index contributed by atoms with van der Waals surface area (Å²) in [6, 6.07) is -1.43. The number of allylic oxidation sites excluding steroid dienone is 1. The van der Waals surface area contributed by atoms with Gasteiger partial charge in [0.15, 0.2) is 23.3 Å². The van der Waals surface area contributed by atoms with Gasteiger partial charge in [-0.2, -0.15) is 22.0 Å². The van der Waals surface area contributed by atoms with Gasteiger partial charge in [0.05, 0.1) is 11.6 Å². The highest BCUT2D eigenvalue weighted by atomic mass is 32.1. The molecular formula is C28H30N8O11S2. The summed E-state index contributed by atoms with van der Waals surface area (Å²) in [6.07, 6.45) is 2.33. The van der Waals surface area contributed by atoms with Crippen LogP contribution in [0.2, 0.25) is 0 Å². The van der Waals surface area contributed by atoms with E-state index >= 15 is 0 Å². The first-order valence-corrected chi connectivity index (χ1v) is 16.4. The first-order valence-electron chi connectivity index (χ1n) is 14.9. The van der Waals surface area contributed by atoms with Crippen LogP contribution in [-0.2, 0) is 30.5 Å². The lowest BCUT2D eigenvalue weighted by atomic mass is 9.89. The van der Waals surface area contributed by atoms with Crippen LogP contribution in [0.3, 0.4) is 0 Å². The molecule has 0 unspecified atom stereocenters. The minimum Gasteiger partial charge on any atom is -0.477 e. The van der Waals surface area contributed by atoms with Gasteiger partial charge in [-0.3, -0.25) is 19.3 Å². The summed E-state index contributed by atoms with van der Waals surface area (Å²) in [5.41, 5.74) is 4.05. The molecule has 49 heavy (non-hydrogen) atoms. The van der Waals surface area contributed by atoms with Crippen molar-refractivity contribution in [1.82, 2.24) is 29.4 Å². The summed E-state index contributed by atoms with van der Waals surface area (Å²) in [5.74, 6) is -4.35. The number of hydrogen-bond donors (Lipinski definition) is 5. The number of hydrogen-bond acceptors (Lipinski definition) is 16. The van der Waals surface area contributed by atoms with Gasteiger partial charge in [-0.05, 0) is 44.3 Å². The van der Waals surface area contributed by atoms with Crippen LogP contribution in [0, 0.1) is 6.92 Å². The Hall–Kier alpha value is -5.18. The van der Waals surface area contributed by atoms with Gasteiger partial charge in [-0.1, -0.05) is 5.16 Å². The predicted octanol–water partition coefficient (Wildman–Crippen LogP) is -0.149. The summed E-state index contributed by atoms with van der Waals surface area (Å²) in [6.45, 7) is 2.07. The van der Waals surface area contributed by atoms with Crippen LogP contribution in [0.25, 0.3) is 0 Å². The van der Waals surface area contributed by atoms with Gasteiger partial charge in [-0.15, -0.1) is 0 Å². The molecule has 1 aliphatic carbocycles. The number of nitrogens with two attached hydrogens (primary N) is 1. The Bertz CT molecular complexity index is 1890. The molecule has 6 rings (SSSR count). The van der Waals surface area contributed by atoms with Crippen LogP contribution in [0.1, 0.15) is 43.0 Å². The second kappa shape index (κ2) is 13.0. The molecule has 2 aromatic heterocycles. The van der Waals surface area contributed by atoms with Gasteiger partial charge < -0.3 is 44.7 Å². The van der Waals surface area contributed by atoms with Crippen LogP contribution < -0.4 is 16.9 Å². The highest BCUT2D eigenvalue weighted by Gasteiger charge is 2.70. The van der Waals surface area contributed by atoms with Crippen molar-refractivity contribution in [3.8, 4) is 0 Å². The molecule has 1 saturated carbocycles. The molecule has 19 nitrogen and oxygen atoms in total. The number of rotatable bonds is 10. The van der Waals surface area contributed by atoms with Gasteiger partial charge in [0.1, 0.15) is 11.7 Å². The topological polar surface area (TPSA) is 264 Å². The van der Waals surface area contributed by atoms with Crippen molar-refractivity contribution in [2.75, 3.05) is 31.1 Å². The number of likely N-dealkylation sites (tertiary alicyclic amines) is 3. The highest BCUT2D eigenvalue weighted by Crippen LogP contribution is 2.54. The van der Waals surface area contributed by atoms with E-state index in [1.165, 1.54) is 17.9 Å². The number of nitrogens with one attached hydrogen (secondary N) is 1. The van der Waals surface area contributed by atoms with Crippen molar-refractivity contribution in [3.05, 3.63) is 50.9 Å². The number of carbonyl (C=O) groups excluding carboxylic acids is 4. The van der Waals surface area contributed by atoms with Gasteiger partial charge in [0, 0.05) is 42.5 Å². The maximum absolute atomic E-state index is 13.5. The monoisotopic (exact) mass is 718 g/mol. The Morgan fingerprint density at radius 3 is 2.59 bits per heavy atom. The lowest BCUT2D eigenvalue weighted by Gasteiger charge is -2.48. The number of thiol groups is 1. The molecule has 21 heteroatoms. The first kappa shape index (κ1) is 33.7. The third kappa shape index (κ3) is 6.14. The number of anilines is 1. The standard InChI is InChI=1S/C28H30N8O11S2/c1-12-16(47-27(43)46-12)10-45-26(42)34-6-3-15(9-34)35-7-2-13(22(35)38)8-14(11-48)18(24(40)41)36-23(39)19(28(36)4-5-28)30-21(37)17(32-44)20-31-25(29)49-33-20/h8,15,19,44,48H,2-7,9-11H2,1H3,(H,30,37)(H,40,41)(H2,29,31,33)/b13-8+,18-14-,32-17-/t15-,19-/m1/s1. The molecule has 5 heterocycles. The van der Waals surface area contributed by atoms with Gasteiger partial charge in [0.25, 0.3) is 11.8 Å². The second-order valence-electron chi connectivity index (χ2n) is 11.7. The van der Waals surface area contributed by atoms with Crippen molar-refractivity contribution < 1.29 is 47.9 Å². The number of carboxylic acid groups (broad SMARTS) is 1. The molecule has 3 saturated heterocycles. The molecule has 1 spiro atoms. The number of nitrogens with zero attached hydrogens (tertiary/aromatic N) is 6. The number of amides is 4. The number of carboxylic acids is 1. The largest absolute Gasteiger partial charge is 0.519 e. The Labute approximate surface area is 285 Å². The summed E-state index contributed by atoms with van der Waals surface area (Å²) < 4.78 is 18.7. The number of aromatic nitrogens is 2. The zero-order valence-electron chi connectivity index (χ0n) is 25.8. The maximum Gasteiger partial charge on any atom is 0.519 e. The SMILES string of the molecule is Cc1oc(=O)oc1COC(=O)N1CC[C@@H](N2CC/C(=C\C(CS)=C(/C(=O)O)N3C(=O)[C@@H](NC(=O)/C(=N\O)c4nsc(N)n4)C34CC4)C2=O)C1. The highest BCUT2D eigenvalue weighted by molar-refractivity contribution is 7.80. The van der Waals surface area contributed by atoms with Gasteiger partial charge in [0.2, 0.25) is 17.4 Å². The molecule has 3 aliphatic heterocycles. The number of aryl methyl sites for hydroxylation is 1. The zero-order chi connectivity index (χ0) is 35.2.